The SMILES string of the molecule is CC1CC(O)(CC#N)C(C)O1. The Bertz CT molecular complexity index is 187. The van der Waals surface area contributed by atoms with Gasteiger partial charge in [0.15, 0.2) is 0 Å². The molecule has 1 saturated heterocycles. The lowest BCUT2D eigenvalue weighted by Gasteiger charge is -2.21. The van der Waals surface area contributed by atoms with Gasteiger partial charge in [0, 0.05) is 6.42 Å². The smallest absolute Gasteiger partial charge is 0.106 e. The van der Waals surface area contributed by atoms with Gasteiger partial charge in [-0.3, -0.25) is 0 Å². The largest absolute Gasteiger partial charge is 0.386 e. The predicted octanol–water partition coefficient (Wildman–Crippen LogP) is 0.828. The van der Waals surface area contributed by atoms with Crippen LogP contribution < -0.4 is 0 Å². The monoisotopic (exact) mass is 155 g/mol. The molecule has 0 bridgehead atoms. The summed E-state index contributed by atoms with van der Waals surface area (Å²) in [6.07, 6.45) is 0.598. The van der Waals surface area contributed by atoms with Crippen LogP contribution in [0.3, 0.4) is 0 Å². The summed E-state index contributed by atoms with van der Waals surface area (Å²) in [5.74, 6) is 0. The lowest BCUT2D eigenvalue weighted by molar-refractivity contribution is -0.0321. The van der Waals surface area contributed by atoms with Gasteiger partial charge in [0.2, 0.25) is 0 Å². The van der Waals surface area contributed by atoms with Crippen molar-refractivity contribution >= 4 is 0 Å². The molecule has 3 heteroatoms. The van der Waals surface area contributed by atoms with E-state index in [0.717, 1.165) is 0 Å². The van der Waals surface area contributed by atoms with Crippen LogP contribution in [0.2, 0.25) is 0 Å². The molecule has 3 atom stereocenters. The van der Waals surface area contributed by atoms with Crippen molar-refractivity contribution in [2.24, 2.45) is 0 Å². The van der Waals surface area contributed by atoms with Gasteiger partial charge in [-0.15, -0.1) is 0 Å². The molecule has 62 valence electrons. The van der Waals surface area contributed by atoms with E-state index in [1.165, 1.54) is 0 Å². The standard InChI is InChI=1S/C8H13NO2/c1-6-5-8(10,3-4-9)7(2)11-6/h6-7,10H,3,5H2,1-2H3. The Morgan fingerprint density at radius 3 is 2.73 bits per heavy atom. The minimum atomic E-state index is -0.909. The number of hydrogen-bond donors (Lipinski definition) is 1. The third-order valence-corrected chi connectivity index (χ3v) is 2.22. The summed E-state index contributed by atoms with van der Waals surface area (Å²) in [5, 5.41) is 18.2. The summed E-state index contributed by atoms with van der Waals surface area (Å²) in [6.45, 7) is 3.71. The van der Waals surface area contributed by atoms with Crippen LogP contribution in [0.5, 0.6) is 0 Å². The van der Waals surface area contributed by atoms with Crippen LogP contribution in [0.1, 0.15) is 26.7 Å². The van der Waals surface area contributed by atoms with Gasteiger partial charge >= 0.3 is 0 Å². The van der Waals surface area contributed by atoms with Crippen molar-refractivity contribution in [3.8, 4) is 6.07 Å². The maximum atomic E-state index is 9.78. The first-order valence-electron chi connectivity index (χ1n) is 3.83. The van der Waals surface area contributed by atoms with Crippen LogP contribution in [-0.4, -0.2) is 22.9 Å². The Labute approximate surface area is 66.6 Å². The van der Waals surface area contributed by atoms with Gasteiger partial charge in [0.25, 0.3) is 0 Å². The minimum Gasteiger partial charge on any atom is -0.386 e. The van der Waals surface area contributed by atoms with E-state index in [2.05, 4.69) is 0 Å². The molecule has 3 nitrogen and oxygen atoms in total. The van der Waals surface area contributed by atoms with E-state index in [-0.39, 0.29) is 18.6 Å². The highest BCUT2D eigenvalue weighted by Crippen LogP contribution is 2.32. The first-order valence-corrected chi connectivity index (χ1v) is 3.83. The fourth-order valence-electron chi connectivity index (χ4n) is 1.54. The lowest BCUT2D eigenvalue weighted by atomic mass is 9.92. The lowest BCUT2D eigenvalue weighted by Crippen LogP contribution is -2.35. The van der Waals surface area contributed by atoms with Gasteiger partial charge in [-0.05, 0) is 13.8 Å². The molecule has 0 aromatic rings. The average molecular weight is 155 g/mol. The maximum absolute atomic E-state index is 9.78. The van der Waals surface area contributed by atoms with Gasteiger partial charge < -0.3 is 9.84 Å². The fraction of sp³-hybridized carbons (Fsp3) is 0.875. The normalized spacial score (nSPS) is 43.8. The minimum absolute atomic E-state index is 0.0725. The van der Waals surface area contributed by atoms with E-state index in [4.69, 9.17) is 10.00 Å². The molecule has 1 heterocycles. The Morgan fingerprint density at radius 2 is 2.36 bits per heavy atom. The second kappa shape index (κ2) is 2.80. The molecule has 1 fully saturated rings. The summed E-state index contributed by atoms with van der Waals surface area (Å²) >= 11 is 0. The topological polar surface area (TPSA) is 53.2 Å². The van der Waals surface area contributed by atoms with Crippen molar-refractivity contribution in [2.45, 2.75) is 44.5 Å². The molecule has 0 aromatic carbocycles. The first-order chi connectivity index (χ1) is 5.08. The van der Waals surface area contributed by atoms with E-state index in [0.29, 0.717) is 6.42 Å². The van der Waals surface area contributed by atoms with E-state index in [1.807, 2.05) is 13.0 Å². The summed E-state index contributed by atoms with van der Waals surface area (Å²) in [5.41, 5.74) is -0.909. The molecule has 3 unspecified atom stereocenters. The second-order valence-electron chi connectivity index (χ2n) is 3.23. The van der Waals surface area contributed by atoms with Crippen molar-refractivity contribution in [2.75, 3.05) is 0 Å². The van der Waals surface area contributed by atoms with Crippen molar-refractivity contribution in [3.05, 3.63) is 0 Å². The Balaban J connectivity index is 2.64. The van der Waals surface area contributed by atoms with Crippen molar-refractivity contribution in [3.63, 3.8) is 0 Å². The summed E-state index contributed by atoms with van der Waals surface area (Å²) in [4.78, 5) is 0. The Hall–Kier alpha value is -0.590. The highest BCUT2D eigenvalue weighted by molar-refractivity contribution is 4.98. The molecule has 1 aliphatic rings. The molecule has 11 heavy (non-hydrogen) atoms. The molecule has 0 aliphatic carbocycles. The number of rotatable bonds is 1. The molecule has 0 saturated carbocycles. The van der Waals surface area contributed by atoms with Crippen LogP contribution >= 0.6 is 0 Å². The molecule has 0 aromatic heterocycles. The zero-order valence-corrected chi connectivity index (χ0v) is 6.87. The van der Waals surface area contributed by atoms with Crippen LogP contribution in [0.4, 0.5) is 0 Å². The highest BCUT2D eigenvalue weighted by atomic mass is 16.5. The molecule has 1 rings (SSSR count). The molecular formula is C8H13NO2. The van der Waals surface area contributed by atoms with Gasteiger partial charge in [-0.25, -0.2) is 0 Å². The molecular weight excluding hydrogens is 142 g/mol. The Kier molecular flexibility index (Phi) is 2.17. The molecule has 1 aliphatic heterocycles. The number of hydrogen-bond acceptors (Lipinski definition) is 3. The van der Waals surface area contributed by atoms with E-state index < -0.39 is 5.60 Å². The second-order valence-corrected chi connectivity index (χ2v) is 3.23. The van der Waals surface area contributed by atoms with Gasteiger partial charge in [-0.2, -0.15) is 5.26 Å². The number of aliphatic hydroxyl groups is 1. The average Bonchev–Trinajstić information content (AvgIpc) is 2.08. The van der Waals surface area contributed by atoms with Crippen molar-refractivity contribution in [1.29, 1.82) is 5.26 Å². The molecule has 0 amide bonds. The Morgan fingerprint density at radius 1 is 1.73 bits per heavy atom. The van der Waals surface area contributed by atoms with Crippen LogP contribution in [-0.2, 0) is 4.74 Å². The van der Waals surface area contributed by atoms with Gasteiger partial charge in [0.05, 0.1) is 24.7 Å². The summed E-state index contributed by atoms with van der Waals surface area (Å²) < 4.78 is 5.33. The zero-order valence-electron chi connectivity index (χ0n) is 6.87. The van der Waals surface area contributed by atoms with Crippen LogP contribution in [0.25, 0.3) is 0 Å². The fourth-order valence-corrected chi connectivity index (χ4v) is 1.54. The van der Waals surface area contributed by atoms with Crippen molar-refractivity contribution in [1.82, 2.24) is 0 Å². The third kappa shape index (κ3) is 1.52. The third-order valence-electron chi connectivity index (χ3n) is 2.22. The predicted molar refractivity (Wildman–Crippen MR) is 39.8 cm³/mol. The van der Waals surface area contributed by atoms with Crippen molar-refractivity contribution < 1.29 is 9.84 Å². The molecule has 0 spiro atoms. The van der Waals surface area contributed by atoms with Crippen LogP contribution in [0, 0.1) is 11.3 Å². The summed E-state index contributed by atoms with van der Waals surface area (Å²) in [6, 6.07) is 1.97. The number of nitrogens with zero attached hydrogens (tertiary/aromatic N) is 1. The van der Waals surface area contributed by atoms with Crippen LogP contribution in [0.15, 0.2) is 0 Å². The van der Waals surface area contributed by atoms with E-state index in [1.54, 1.807) is 6.92 Å². The quantitative estimate of drug-likeness (QED) is 0.610. The summed E-state index contributed by atoms with van der Waals surface area (Å²) in [7, 11) is 0. The highest BCUT2D eigenvalue weighted by Gasteiger charge is 2.42. The van der Waals surface area contributed by atoms with Gasteiger partial charge in [-0.1, -0.05) is 0 Å². The molecule has 0 radical (unpaired) electrons. The maximum Gasteiger partial charge on any atom is 0.106 e. The zero-order chi connectivity index (χ0) is 8.48. The number of ether oxygens (including phenoxy) is 1. The molecule has 1 N–H and O–H groups in total. The number of nitriles is 1. The van der Waals surface area contributed by atoms with E-state index >= 15 is 0 Å². The van der Waals surface area contributed by atoms with E-state index in [9.17, 15) is 5.11 Å². The first kappa shape index (κ1) is 8.51. The van der Waals surface area contributed by atoms with Gasteiger partial charge in [0.1, 0.15) is 5.60 Å².